The summed E-state index contributed by atoms with van der Waals surface area (Å²) in [7, 11) is 1.58. The Labute approximate surface area is 154 Å². The van der Waals surface area contributed by atoms with E-state index in [1.165, 1.54) is 0 Å². The van der Waals surface area contributed by atoms with Crippen molar-refractivity contribution in [1.82, 2.24) is 10.9 Å². The molecule has 0 spiro atoms. The summed E-state index contributed by atoms with van der Waals surface area (Å²) in [5.41, 5.74) is 5.95. The average Bonchev–Trinajstić information content (AvgIpc) is 2.62. The minimum absolute atomic E-state index is 0.140. The van der Waals surface area contributed by atoms with Crippen molar-refractivity contribution < 1.29 is 19.1 Å². The SMILES string of the molecule is CCOc1ccc(Br)cc1C(=O)NNC(=O)Cc1ccc(OC)cc1. The summed E-state index contributed by atoms with van der Waals surface area (Å²) in [6, 6.07) is 12.2. The van der Waals surface area contributed by atoms with Gasteiger partial charge in [-0.3, -0.25) is 20.4 Å². The van der Waals surface area contributed by atoms with Gasteiger partial charge in [-0.1, -0.05) is 28.1 Å². The summed E-state index contributed by atoms with van der Waals surface area (Å²) >= 11 is 3.32. The van der Waals surface area contributed by atoms with Crippen molar-refractivity contribution in [3.63, 3.8) is 0 Å². The lowest BCUT2D eigenvalue weighted by Crippen LogP contribution is -2.42. The van der Waals surface area contributed by atoms with E-state index in [1.807, 2.05) is 6.92 Å². The highest BCUT2D eigenvalue weighted by molar-refractivity contribution is 9.10. The minimum atomic E-state index is -0.451. The van der Waals surface area contributed by atoms with E-state index in [1.54, 1.807) is 49.6 Å². The van der Waals surface area contributed by atoms with Crippen LogP contribution in [0.25, 0.3) is 0 Å². The molecule has 0 saturated carbocycles. The molecule has 2 aromatic carbocycles. The Kier molecular flexibility index (Phi) is 6.82. The lowest BCUT2D eigenvalue weighted by Gasteiger charge is -2.12. The number of carbonyl (C=O) groups is 2. The van der Waals surface area contributed by atoms with Crippen molar-refractivity contribution >= 4 is 27.7 Å². The number of nitrogens with one attached hydrogen (secondary N) is 2. The first-order valence-corrected chi connectivity index (χ1v) is 8.47. The molecule has 0 fully saturated rings. The zero-order chi connectivity index (χ0) is 18.2. The van der Waals surface area contributed by atoms with Gasteiger partial charge >= 0.3 is 0 Å². The molecule has 0 aromatic heterocycles. The topological polar surface area (TPSA) is 76.7 Å². The second-order valence-corrected chi connectivity index (χ2v) is 6.02. The molecule has 0 aliphatic carbocycles. The van der Waals surface area contributed by atoms with Gasteiger partial charge in [0.05, 0.1) is 25.7 Å². The Morgan fingerprint density at radius 3 is 2.44 bits per heavy atom. The van der Waals surface area contributed by atoms with E-state index in [2.05, 4.69) is 26.8 Å². The van der Waals surface area contributed by atoms with Gasteiger partial charge in [-0.25, -0.2) is 0 Å². The summed E-state index contributed by atoms with van der Waals surface area (Å²) < 4.78 is 11.2. The highest BCUT2D eigenvalue weighted by Gasteiger charge is 2.14. The number of hydrazine groups is 1. The normalized spacial score (nSPS) is 10.0. The van der Waals surface area contributed by atoms with Crippen LogP contribution in [0.5, 0.6) is 11.5 Å². The van der Waals surface area contributed by atoms with Crippen LogP contribution in [0.2, 0.25) is 0 Å². The number of ether oxygens (including phenoxy) is 2. The molecule has 0 aliphatic heterocycles. The van der Waals surface area contributed by atoms with Gasteiger partial charge in [-0.2, -0.15) is 0 Å². The first kappa shape index (κ1) is 18.8. The molecule has 25 heavy (non-hydrogen) atoms. The largest absolute Gasteiger partial charge is 0.497 e. The van der Waals surface area contributed by atoms with Gasteiger partial charge in [0.25, 0.3) is 5.91 Å². The highest BCUT2D eigenvalue weighted by atomic mass is 79.9. The Balaban J connectivity index is 1.94. The number of halogens is 1. The van der Waals surface area contributed by atoms with E-state index in [0.717, 1.165) is 15.8 Å². The summed E-state index contributed by atoms with van der Waals surface area (Å²) in [5, 5.41) is 0. The first-order valence-electron chi connectivity index (χ1n) is 7.68. The predicted octanol–water partition coefficient (Wildman–Crippen LogP) is 2.86. The van der Waals surface area contributed by atoms with Crippen LogP contribution in [-0.4, -0.2) is 25.5 Å². The molecular weight excluding hydrogens is 388 g/mol. The van der Waals surface area contributed by atoms with Crippen molar-refractivity contribution in [3.05, 3.63) is 58.1 Å². The number of benzene rings is 2. The van der Waals surface area contributed by atoms with Crippen LogP contribution in [-0.2, 0) is 11.2 Å². The van der Waals surface area contributed by atoms with Crippen LogP contribution < -0.4 is 20.3 Å². The fourth-order valence-corrected chi connectivity index (χ4v) is 2.49. The molecule has 0 aliphatic rings. The monoisotopic (exact) mass is 406 g/mol. The summed E-state index contributed by atoms with van der Waals surface area (Å²) in [4.78, 5) is 24.3. The third kappa shape index (κ3) is 5.49. The smallest absolute Gasteiger partial charge is 0.273 e. The van der Waals surface area contributed by atoms with E-state index in [0.29, 0.717) is 17.9 Å². The van der Waals surface area contributed by atoms with E-state index in [-0.39, 0.29) is 12.3 Å². The molecular formula is C18H19BrN2O4. The second-order valence-electron chi connectivity index (χ2n) is 5.10. The Hall–Kier alpha value is -2.54. The fraction of sp³-hybridized carbons (Fsp3) is 0.222. The van der Waals surface area contributed by atoms with Crippen molar-refractivity contribution in [2.24, 2.45) is 0 Å². The molecule has 0 atom stereocenters. The zero-order valence-corrected chi connectivity index (χ0v) is 15.6. The Morgan fingerprint density at radius 1 is 1.08 bits per heavy atom. The van der Waals surface area contributed by atoms with Crippen LogP contribution in [0.4, 0.5) is 0 Å². The number of hydrogen-bond donors (Lipinski definition) is 2. The maximum atomic E-state index is 12.3. The molecule has 2 aromatic rings. The van der Waals surface area contributed by atoms with E-state index in [4.69, 9.17) is 9.47 Å². The Bertz CT molecular complexity index is 747. The van der Waals surface area contributed by atoms with Crippen LogP contribution in [0, 0.1) is 0 Å². The van der Waals surface area contributed by atoms with E-state index in [9.17, 15) is 9.59 Å². The molecule has 132 valence electrons. The first-order chi connectivity index (χ1) is 12.0. The maximum Gasteiger partial charge on any atom is 0.273 e. The minimum Gasteiger partial charge on any atom is -0.497 e. The van der Waals surface area contributed by atoms with Crippen molar-refractivity contribution in [2.75, 3.05) is 13.7 Å². The predicted molar refractivity (Wildman–Crippen MR) is 97.6 cm³/mol. The molecule has 0 bridgehead atoms. The van der Waals surface area contributed by atoms with Gasteiger partial charge in [-0.05, 0) is 42.8 Å². The summed E-state index contributed by atoms with van der Waals surface area (Å²) in [6.45, 7) is 2.27. The van der Waals surface area contributed by atoms with Crippen LogP contribution >= 0.6 is 15.9 Å². The Morgan fingerprint density at radius 2 is 1.80 bits per heavy atom. The molecule has 0 radical (unpaired) electrons. The third-order valence-corrected chi connectivity index (χ3v) is 3.82. The summed E-state index contributed by atoms with van der Waals surface area (Å²) in [6.07, 6.45) is 0.140. The van der Waals surface area contributed by atoms with Crippen molar-refractivity contribution in [3.8, 4) is 11.5 Å². The number of amides is 2. The van der Waals surface area contributed by atoms with Gasteiger partial charge in [0.15, 0.2) is 0 Å². The van der Waals surface area contributed by atoms with Gasteiger partial charge in [0.2, 0.25) is 5.91 Å². The quantitative estimate of drug-likeness (QED) is 0.723. The number of methoxy groups -OCH3 is 1. The second kappa shape index (κ2) is 9.08. The van der Waals surface area contributed by atoms with Crippen molar-refractivity contribution in [2.45, 2.75) is 13.3 Å². The van der Waals surface area contributed by atoms with Crippen LogP contribution in [0.3, 0.4) is 0 Å². The zero-order valence-electron chi connectivity index (χ0n) is 14.0. The van der Waals surface area contributed by atoms with Crippen LogP contribution in [0.1, 0.15) is 22.8 Å². The van der Waals surface area contributed by atoms with E-state index >= 15 is 0 Å². The van der Waals surface area contributed by atoms with Gasteiger partial charge in [0, 0.05) is 4.47 Å². The molecule has 0 unspecified atom stereocenters. The number of carbonyl (C=O) groups excluding carboxylic acids is 2. The molecule has 2 N–H and O–H groups in total. The molecule has 6 nitrogen and oxygen atoms in total. The molecule has 2 rings (SSSR count). The number of hydrogen-bond acceptors (Lipinski definition) is 4. The molecule has 0 heterocycles. The number of rotatable bonds is 6. The molecule has 0 saturated heterocycles. The molecule has 7 heteroatoms. The lowest BCUT2D eigenvalue weighted by molar-refractivity contribution is -0.121. The lowest BCUT2D eigenvalue weighted by atomic mass is 10.1. The molecule has 2 amide bonds. The average molecular weight is 407 g/mol. The van der Waals surface area contributed by atoms with Gasteiger partial charge in [0.1, 0.15) is 11.5 Å². The van der Waals surface area contributed by atoms with Gasteiger partial charge < -0.3 is 9.47 Å². The van der Waals surface area contributed by atoms with E-state index < -0.39 is 5.91 Å². The fourth-order valence-electron chi connectivity index (χ4n) is 2.13. The van der Waals surface area contributed by atoms with Crippen LogP contribution in [0.15, 0.2) is 46.9 Å². The highest BCUT2D eigenvalue weighted by Crippen LogP contribution is 2.23. The maximum absolute atomic E-state index is 12.3. The summed E-state index contributed by atoms with van der Waals surface area (Å²) in [5.74, 6) is 0.391. The van der Waals surface area contributed by atoms with Crippen molar-refractivity contribution in [1.29, 1.82) is 0 Å². The third-order valence-electron chi connectivity index (χ3n) is 3.33. The standard InChI is InChI=1S/C18H19BrN2O4/c1-3-25-16-9-6-13(19)11-15(16)18(23)21-20-17(22)10-12-4-7-14(24-2)8-5-12/h4-9,11H,3,10H2,1-2H3,(H,20,22)(H,21,23). The van der Waals surface area contributed by atoms with Gasteiger partial charge in [-0.15, -0.1) is 0 Å².